The fourth-order valence-electron chi connectivity index (χ4n) is 1.69. The topological polar surface area (TPSA) is 29.1 Å². The Hall–Kier alpha value is -1.13. The fraction of sp³-hybridized carbons (Fsp3) is 0.214. The summed E-state index contributed by atoms with van der Waals surface area (Å²) in [4.78, 5) is 13.3. The first-order valence-electron chi connectivity index (χ1n) is 5.68. The number of thiophene rings is 1. The summed E-state index contributed by atoms with van der Waals surface area (Å²) in [5, 5.41) is 5.01. The molecule has 4 heteroatoms. The molecular weight excluding hydrogens is 310 g/mol. The van der Waals surface area contributed by atoms with Crippen LogP contribution >= 0.6 is 27.3 Å². The second-order valence-electron chi connectivity index (χ2n) is 4.19. The maximum Gasteiger partial charge on any atom is 0.252 e. The fourth-order valence-corrected chi connectivity index (χ4v) is 3.10. The van der Waals surface area contributed by atoms with Gasteiger partial charge in [0, 0.05) is 9.35 Å². The number of amides is 1. The molecule has 2 nitrogen and oxygen atoms in total. The first-order valence-corrected chi connectivity index (χ1v) is 7.35. The molecule has 2 rings (SSSR count). The van der Waals surface area contributed by atoms with E-state index in [4.69, 9.17) is 0 Å². The first-order chi connectivity index (χ1) is 8.58. The second kappa shape index (κ2) is 5.67. The van der Waals surface area contributed by atoms with Crippen molar-refractivity contribution in [3.8, 4) is 0 Å². The molecule has 0 spiro atoms. The van der Waals surface area contributed by atoms with Crippen molar-refractivity contribution in [3.05, 3.63) is 56.2 Å². The van der Waals surface area contributed by atoms with Crippen molar-refractivity contribution in [2.75, 3.05) is 0 Å². The van der Waals surface area contributed by atoms with E-state index in [0.717, 1.165) is 14.9 Å². The molecule has 94 valence electrons. The highest BCUT2D eigenvalue weighted by molar-refractivity contribution is 9.10. The maximum absolute atomic E-state index is 12.1. The highest BCUT2D eigenvalue weighted by atomic mass is 79.9. The number of rotatable bonds is 3. The number of aryl methyl sites for hydroxylation is 1. The lowest BCUT2D eigenvalue weighted by molar-refractivity contribution is 0.0939. The average Bonchev–Trinajstić information content (AvgIpc) is 2.81. The Balaban J connectivity index is 2.12. The number of benzene rings is 1. The summed E-state index contributed by atoms with van der Waals surface area (Å²) in [5.74, 6) is -0.0530. The summed E-state index contributed by atoms with van der Waals surface area (Å²) in [6, 6.07) is 9.78. The van der Waals surface area contributed by atoms with Gasteiger partial charge in [0.15, 0.2) is 0 Å². The molecule has 1 aromatic carbocycles. The Morgan fingerprint density at radius 3 is 2.78 bits per heavy atom. The molecule has 1 N–H and O–H groups in total. The molecule has 0 saturated heterocycles. The van der Waals surface area contributed by atoms with Crippen LogP contribution in [0.1, 0.15) is 33.8 Å². The Morgan fingerprint density at radius 2 is 2.17 bits per heavy atom. The number of carbonyl (C=O) groups is 1. The summed E-state index contributed by atoms with van der Waals surface area (Å²) >= 11 is 5.08. The molecule has 0 saturated carbocycles. The largest absolute Gasteiger partial charge is 0.345 e. The van der Waals surface area contributed by atoms with E-state index in [0.29, 0.717) is 5.56 Å². The minimum atomic E-state index is -0.0530. The van der Waals surface area contributed by atoms with E-state index in [1.807, 2.05) is 49.6 Å². The number of hydrogen-bond donors (Lipinski definition) is 1. The van der Waals surface area contributed by atoms with Gasteiger partial charge in [-0.05, 0) is 58.9 Å². The molecule has 0 fully saturated rings. The third-order valence-electron chi connectivity index (χ3n) is 2.69. The number of halogens is 1. The van der Waals surface area contributed by atoms with Crippen LogP contribution in [0.2, 0.25) is 0 Å². The van der Waals surface area contributed by atoms with Crippen molar-refractivity contribution in [2.45, 2.75) is 19.9 Å². The number of nitrogens with one attached hydrogen (secondary N) is 1. The first kappa shape index (κ1) is 13.3. The van der Waals surface area contributed by atoms with Gasteiger partial charge in [-0.3, -0.25) is 4.79 Å². The van der Waals surface area contributed by atoms with E-state index < -0.39 is 0 Å². The SMILES string of the molecule is Cc1ccc(C(=O)NC(C)c2cccs2)c(Br)c1. The molecule has 0 bridgehead atoms. The predicted molar refractivity (Wildman–Crippen MR) is 79.1 cm³/mol. The molecule has 1 atom stereocenters. The highest BCUT2D eigenvalue weighted by Gasteiger charge is 2.14. The summed E-state index contributed by atoms with van der Waals surface area (Å²) in [5.41, 5.74) is 1.80. The lowest BCUT2D eigenvalue weighted by Crippen LogP contribution is -2.26. The van der Waals surface area contributed by atoms with E-state index in [-0.39, 0.29) is 11.9 Å². The van der Waals surface area contributed by atoms with E-state index in [9.17, 15) is 4.79 Å². The molecule has 18 heavy (non-hydrogen) atoms. The molecule has 0 aliphatic carbocycles. The Labute approximate surface area is 119 Å². The van der Waals surface area contributed by atoms with Crippen LogP contribution in [0.4, 0.5) is 0 Å². The normalized spacial score (nSPS) is 12.2. The van der Waals surface area contributed by atoms with Crippen LogP contribution in [-0.2, 0) is 0 Å². The summed E-state index contributed by atoms with van der Waals surface area (Å²) in [6.07, 6.45) is 0. The van der Waals surface area contributed by atoms with Crippen molar-refractivity contribution in [3.63, 3.8) is 0 Å². The van der Waals surface area contributed by atoms with E-state index >= 15 is 0 Å². The third-order valence-corrected chi connectivity index (χ3v) is 4.40. The van der Waals surface area contributed by atoms with Crippen molar-refractivity contribution in [1.29, 1.82) is 0 Å². The van der Waals surface area contributed by atoms with Crippen molar-refractivity contribution < 1.29 is 4.79 Å². The smallest absolute Gasteiger partial charge is 0.252 e. The molecular formula is C14H14BrNOS. The van der Waals surface area contributed by atoms with Crippen molar-refractivity contribution in [2.24, 2.45) is 0 Å². The van der Waals surface area contributed by atoms with Gasteiger partial charge in [0.25, 0.3) is 5.91 Å². The molecule has 2 aromatic rings. The minimum absolute atomic E-state index is 0.0331. The number of hydrogen-bond acceptors (Lipinski definition) is 2. The van der Waals surface area contributed by atoms with Gasteiger partial charge in [-0.15, -0.1) is 11.3 Å². The van der Waals surface area contributed by atoms with Crippen LogP contribution in [0.25, 0.3) is 0 Å². The Kier molecular flexibility index (Phi) is 4.19. The lowest BCUT2D eigenvalue weighted by atomic mass is 10.1. The number of carbonyl (C=O) groups excluding carboxylic acids is 1. The quantitative estimate of drug-likeness (QED) is 0.895. The zero-order valence-electron chi connectivity index (χ0n) is 10.2. The van der Waals surface area contributed by atoms with Gasteiger partial charge in [0.2, 0.25) is 0 Å². The standard InChI is InChI=1S/C14H14BrNOS/c1-9-5-6-11(12(15)8-9)14(17)16-10(2)13-4-3-7-18-13/h3-8,10H,1-2H3,(H,16,17). The zero-order valence-corrected chi connectivity index (χ0v) is 12.6. The summed E-state index contributed by atoms with van der Waals surface area (Å²) < 4.78 is 0.832. The molecule has 0 radical (unpaired) electrons. The minimum Gasteiger partial charge on any atom is -0.345 e. The highest BCUT2D eigenvalue weighted by Crippen LogP contribution is 2.21. The molecule has 1 unspecified atom stereocenters. The molecule has 0 aliphatic rings. The summed E-state index contributed by atoms with van der Waals surface area (Å²) in [7, 11) is 0. The van der Waals surface area contributed by atoms with Crippen LogP contribution in [0, 0.1) is 6.92 Å². The Bertz CT molecular complexity index is 551. The van der Waals surface area contributed by atoms with Crippen molar-refractivity contribution in [1.82, 2.24) is 5.32 Å². The monoisotopic (exact) mass is 323 g/mol. The van der Waals surface area contributed by atoms with Gasteiger partial charge in [-0.25, -0.2) is 0 Å². The summed E-state index contributed by atoms with van der Waals surface area (Å²) in [6.45, 7) is 3.99. The van der Waals surface area contributed by atoms with Gasteiger partial charge >= 0.3 is 0 Å². The van der Waals surface area contributed by atoms with Gasteiger partial charge in [-0.2, -0.15) is 0 Å². The molecule has 1 amide bonds. The molecule has 1 heterocycles. The maximum atomic E-state index is 12.1. The van der Waals surface area contributed by atoms with Gasteiger partial charge in [0.1, 0.15) is 0 Å². The molecule has 0 aliphatic heterocycles. The molecule has 1 aromatic heterocycles. The van der Waals surface area contributed by atoms with Gasteiger partial charge in [0.05, 0.1) is 11.6 Å². The second-order valence-corrected chi connectivity index (χ2v) is 6.03. The van der Waals surface area contributed by atoms with Crippen molar-refractivity contribution >= 4 is 33.2 Å². The van der Waals surface area contributed by atoms with E-state index in [2.05, 4.69) is 21.2 Å². The van der Waals surface area contributed by atoms with Crippen LogP contribution in [0.5, 0.6) is 0 Å². The van der Waals surface area contributed by atoms with Crippen LogP contribution < -0.4 is 5.32 Å². The van der Waals surface area contributed by atoms with E-state index in [1.54, 1.807) is 11.3 Å². The Morgan fingerprint density at radius 1 is 1.39 bits per heavy atom. The lowest BCUT2D eigenvalue weighted by Gasteiger charge is -2.13. The van der Waals surface area contributed by atoms with Gasteiger partial charge in [-0.1, -0.05) is 12.1 Å². The van der Waals surface area contributed by atoms with Crippen LogP contribution in [0.15, 0.2) is 40.2 Å². The van der Waals surface area contributed by atoms with E-state index in [1.165, 1.54) is 0 Å². The van der Waals surface area contributed by atoms with Gasteiger partial charge < -0.3 is 5.32 Å². The third kappa shape index (κ3) is 3.00. The van der Waals surface area contributed by atoms with Crippen LogP contribution in [0.3, 0.4) is 0 Å². The average molecular weight is 324 g/mol. The van der Waals surface area contributed by atoms with Crippen LogP contribution in [-0.4, -0.2) is 5.91 Å². The predicted octanol–water partition coefficient (Wildman–Crippen LogP) is 4.31. The zero-order chi connectivity index (χ0) is 13.1.